The highest BCUT2D eigenvalue weighted by Crippen LogP contribution is 2.28. The zero-order chi connectivity index (χ0) is 13.2. The summed E-state index contributed by atoms with van der Waals surface area (Å²) < 4.78 is 26.2. The van der Waals surface area contributed by atoms with Gasteiger partial charge in [-0.25, -0.2) is 8.78 Å². The maximum Gasteiger partial charge on any atom is 0.126 e. The topological polar surface area (TPSA) is 20.2 Å². The van der Waals surface area contributed by atoms with Gasteiger partial charge in [0.2, 0.25) is 0 Å². The zero-order valence-corrected chi connectivity index (χ0v) is 10.8. The number of aliphatic hydroxyl groups is 1. The van der Waals surface area contributed by atoms with Gasteiger partial charge in [0.1, 0.15) is 11.6 Å². The van der Waals surface area contributed by atoms with Crippen LogP contribution in [-0.2, 0) is 12.0 Å². The number of halogens is 2. The first-order valence-electron chi connectivity index (χ1n) is 5.69. The highest BCUT2D eigenvalue weighted by atomic mass is 32.1. The number of aryl methyl sites for hydroxylation is 1. The van der Waals surface area contributed by atoms with E-state index in [1.165, 1.54) is 12.1 Å². The third-order valence-corrected chi connectivity index (χ3v) is 3.86. The van der Waals surface area contributed by atoms with E-state index < -0.39 is 17.2 Å². The van der Waals surface area contributed by atoms with Crippen LogP contribution in [0.2, 0.25) is 0 Å². The highest BCUT2D eigenvalue weighted by Gasteiger charge is 2.24. The molecule has 1 heterocycles. The minimum atomic E-state index is -1.23. The van der Waals surface area contributed by atoms with E-state index in [2.05, 4.69) is 0 Å². The maximum atomic E-state index is 13.1. The number of thiophene rings is 1. The lowest BCUT2D eigenvalue weighted by Gasteiger charge is -2.23. The van der Waals surface area contributed by atoms with Crippen molar-refractivity contribution in [2.24, 2.45) is 0 Å². The van der Waals surface area contributed by atoms with Gasteiger partial charge < -0.3 is 5.11 Å². The fraction of sp³-hybridized carbons (Fsp3) is 0.286. The first kappa shape index (κ1) is 13.2. The third kappa shape index (κ3) is 3.15. The second-order valence-electron chi connectivity index (χ2n) is 4.51. The van der Waals surface area contributed by atoms with E-state index in [0.29, 0.717) is 12.8 Å². The summed E-state index contributed by atoms with van der Waals surface area (Å²) in [6.45, 7) is 1.58. The Morgan fingerprint density at radius 2 is 1.89 bits per heavy atom. The molecule has 1 atom stereocenters. The Hall–Kier alpha value is -1.26. The van der Waals surface area contributed by atoms with E-state index in [4.69, 9.17) is 0 Å². The van der Waals surface area contributed by atoms with E-state index in [9.17, 15) is 13.9 Å². The molecule has 96 valence electrons. The zero-order valence-electron chi connectivity index (χ0n) is 9.99. The molecule has 0 spiro atoms. The molecule has 0 aliphatic rings. The van der Waals surface area contributed by atoms with Crippen LogP contribution in [0.3, 0.4) is 0 Å². The van der Waals surface area contributed by atoms with Crippen LogP contribution in [0.15, 0.2) is 35.7 Å². The fourth-order valence-corrected chi connectivity index (χ4v) is 2.54. The Labute approximate surface area is 109 Å². The van der Waals surface area contributed by atoms with Gasteiger partial charge in [-0.1, -0.05) is 6.07 Å². The van der Waals surface area contributed by atoms with Gasteiger partial charge in [-0.2, -0.15) is 0 Å². The average molecular weight is 268 g/mol. The third-order valence-electron chi connectivity index (χ3n) is 2.92. The first-order valence-corrected chi connectivity index (χ1v) is 6.57. The van der Waals surface area contributed by atoms with Gasteiger partial charge in [0.15, 0.2) is 0 Å². The van der Waals surface area contributed by atoms with Crippen molar-refractivity contribution < 1.29 is 13.9 Å². The molecule has 2 aromatic rings. The minimum Gasteiger partial charge on any atom is -0.385 e. The number of hydrogen-bond acceptors (Lipinski definition) is 2. The Bertz CT molecular complexity index is 500. The lowest BCUT2D eigenvalue weighted by Crippen LogP contribution is -2.22. The Morgan fingerprint density at radius 3 is 2.44 bits per heavy atom. The van der Waals surface area contributed by atoms with E-state index in [1.54, 1.807) is 18.3 Å². The normalized spacial score (nSPS) is 14.4. The van der Waals surface area contributed by atoms with Crippen molar-refractivity contribution in [2.45, 2.75) is 25.4 Å². The molecule has 0 bridgehead atoms. The Morgan fingerprint density at radius 1 is 1.22 bits per heavy atom. The SMILES string of the molecule is CC(O)(CCc1cccs1)c1cc(F)cc(F)c1. The van der Waals surface area contributed by atoms with Crippen LogP contribution in [0.25, 0.3) is 0 Å². The summed E-state index contributed by atoms with van der Waals surface area (Å²) >= 11 is 1.61. The van der Waals surface area contributed by atoms with Crippen LogP contribution in [0.1, 0.15) is 23.8 Å². The number of rotatable bonds is 4. The molecule has 1 unspecified atom stereocenters. The molecule has 18 heavy (non-hydrogen) atoms. The Balaban J connectivity index is 2.14. The number of hydrogen-bond donors (Lipinski definition) is 1. The van der Waals surface area contributed by atoms with Crippen LogP contribution in [0.5, 0.6) is 0 Å². The second-order valence-corrected chi connectivity index (χ2v) is 5.54. The highest BCUT2D eigenvalue weighted by molar-refractivity contribution is 7.09. The standard InChI is InChI=1S/C14H14F2OS/c1-14(17,5-4-13-3-2-6-18-13)10-7-11(15)9-12(16)8-10/h2-3,6-9,17H,4-5H2,1H3. The van der Waals surface area contributed by atoms with E-state index in [0.717, 1.165) is 10.9 Å². The van der Waals surface area contributed by atoms with Crippen molar-refractivity contribution in [3.63, 3.8) is 0 Å². The summed E-state index contributed by atoms with van der Waals surface area (Å²) in [5.74, 6) is -1.33. The van der Waals surface area contributed by atoms with Crippen LogP contribution in [0.4, 0.5) is 8.78 Å². The van der Waals surface area contributed by atoms with Gasteiger partial charge in [-0.05, 0) is 48.9 Å². The summed E-state index contributed by atoms with van der Waals surface area (Å²) in [4.78, 5) is 1.15. The summed E-state index contributed by atoms with van der Waals surface area (Å²) in [5.41, 5.74) is -0.955. The first-order chi connectivity index (χ1) is 8.47. The van der Waals surface area contributed by atoms with Gasteiger partial charge in [-0.15, -0.1) is 11.3 Å². The van der Waals surface area contributed by atoms with Crippen molar-refractivity contribution in [1.29, 1.82) is 0 Å². The predicted octanol–water partition coefficient (Wildman–Crippen LogP) is 3.87. The van der Waals surface area contributed by atoms with Crippen molar-refractivity contribution in [3.8, 4) is 0 Å². The lowest BCUT2D eigenvalue weighted by molar-refractivity contribution is 0.0476. The smallest absolute Gasteiger partial charge is 0.126 e. The van der Waals surface area contributed by atoms with Crippen LogP contribution in [-0.4, -0.2) is 5.11 Å². The van der Waals surface area contributed by atoms with Gasteiger partial charge in [0.25, 0.3) is 0 Å². The number of benzene rings is 1. The average Bonchev–Trinajstić information content (AvgIpc) is 2.78. The second kappa shape index (κ2) is 5.16. The quantitative estimate of drug-likeness (QED) is 0.892. The van der Waals surface area contributed by atoms with E-state index in [1.807, 2.05) is 17.5 Å². The van der Waals surface area contributed by atoms with Gasteiger partial charge in [-0.3, -0.25) is 0 Å². The molecule has 0 aliphatic heterocycles. The van der Waals surface area contributed by atoms with Gasteiger partial charge in [0, 0.05) is 10.9 Å². The monoisotopic (exact) mass is 268 g/mol. The summed E-state index contributed by atoms with van der Waals surface area (Å²) in [6, 6.07) is 7.08. The molecule has 0 saturated heterocycles. The molecule has 1 nitrogen and oxygen atoms in total. The molecule has 0 radical (unpaired) electrons. The van der Waals surface area contributed by atoms with Crippen molar-refractivity contribution in [1.82, 2.24) is 0 Å². The van der Waals surface area contributed by atoms with Crippen LogP contribution in [0, 0.1) is 11.6 Å². The summed E-state index contributed by atoms with van der Waals surface area (Å²) in [7, 11) is 0. The molecular weight excluding hydrogens is 254 g/mol. The molecule has 0 saturated carbocycles. The van der Waals surface area contributed by atoms with Gasteiger partial charge in [0.05, 0.1) is 5.60 Å². The molecule has 1 aromatic carbocycles. The van der Waals surface area contributed by atoms with Crippen LogP contribution >= 0.6 is 11.3 Å². The lowest BCUT2D eigenvalue weighted by atomic mass is 9.90. The predicted molar refractivity (Wildman–Crippen MR) is 68.6 cm³/mol. The van der Waals surface area contributed by atoms with Crippen molar-refractivity contribution in [2.75, 3.05) is 0 Å². The molecule has 0 amide bonds. The summed E-state index contributed by atoms with van der Waals surface area (Å²) in [5, 5.41) is 12.3. The fourth-order valence-electron chi connectivity index (χ4n) is 1.83. The molecule has 0 fully saturated rings. The minimum absolute atomic E-state index is 0.275. The Kier molecular flexibility index (Phi) is 3.78. The molecule has 4 heteroatoms. The molecule has 2 rings (SSSR count). The van der Waals surface area contributed by atoms with Gasteiger partial charge >= 0.3 is 0 Å². The molecule has 0 aliphatic carbocycles. The van der Waals surface area contributed by atoms with Crippen molar-refractivity contribution >= 4 is 11.3 Å². The largest absolute Gasteiger partial charge is 0.385 e. The summed E-state index contributed by atoms with van der Waals surface area (Å²) in [6.07, 6.45) is 1.11. The van der Waals surface area contributed by atoms with E-state index in [-0.39, 0.29) is 5.56 Å². The molecular formula is C14H14F2OS. The molecule has 1 N–H and O–H groups in total. The molecule has 1 aromatic heterocycles. The van der Waals surface area contributed by atoms with Crippen molar-refractivity contribution in [3.05, 3.63) is 57.8 Å². The maximum absolute atomic E-state index is 13.1. The van der Waals surface area contributed by atoms with Crippen LogP contribution < -0.4 is 0 Å². The van der Waals surface area contributed by atoms with E-state index >= 15 is 0 Å².